The van der Waals surface area contributed by atoms with Gasteiger partial charge in [-0.1, -0.05) is 26.3 Å². The van der Waals surface area contributed by atoms with Gasteiger partial charge >= 0.3 is 0 Å². The molecule has 0 aliphatic rings. The third kappa shape index (κ3) is 4.64. The molecular formula is C20H22F4O3. The third-order valence-electron chi connectivity index (χ3n) is 4.25. The van der Waals surface area contributed by atoms with Crippen LogP contribution in [0.4, 0.5) is 17.6 Å². The summed E-state index contributed by atoms with van der Waals surface area (Å²) in [5.41, 5.74) is -0.249. The van der Waals surface area contributed by atoms with E-state index in [1.54, 1.807) is 6.92 Å². The number of hydrogen-bond donors (Lipinski definition) is 1. The van der Waals surface area contributed by atoms with Crippen molar-refractivity contribution < 1.29 is 32.1 Å². The van der Waals surface area contributed by atoms with E-state index in [4.69, 9.17) is 9.47 Å². The third-order valence-corrected chi connectivity index (χ3v) is 4.25. The molecule has 0 amide bonds. The van der Waals surface area contributed by atoms with Crippen LogP contribution in [-0.2, 0) is 6.42 Å². The molecule has 0 radical (unpaired) electrons. The van der Waals surface area contributed by atoms with Crippen molar-refractivity contribution in [2.75, 3.05) is 13.2 Å². The van der Waals surface area contributed by atoms with Crippen LogP contribution in [0.1, 0.15) is 38.3 Å². The van der Waals surface area contributed by atoms with E-state index in [1.165, 1.54) is 12.1 Å². The summed E-state index contributed by atoms with van der Waals surface area (Å²) in [4.78, 5) is 0. The van der Waals surface area contributed by atoms with Crippen molar-refractivity contribution in [2.45, 2.75) is 33.6 Å². The molecule has 0 aromatic heterocycles. The number of hydrogen-bond acceptors (Lipinski definition) is 3. The van der Waals surface area contributed by atoms with Gasteiger partial charge in [0, 0.05) is 12.0 Å². The second-order valence-electron chi connectivity index (χ2n) is 6.30. The second kappa shape index (κ2) is 8.97. The quantitative estimate of drug-likeness (QED) is 0.621. The van der Waals surface area contributed by atoms with Gasteiger partial charge in [0.15, 0.2) is 23.1 Å². The van der Waals surface area contributed by atoms with Crippen LogP contribution in [0.2, 0.25) is 0 Å². The largest absolute Gasteiger partial charge is 0.505 e. The Morgan fingerprint density at radius 2 is 1.56 bits per heavy atom. The van der Waals surface area contributed by atoms with E-state index in [0.29, 0.717) is 0 Å². The average Bonchev–Trinajstić information content (AvgIpc) is 2.66. The van der Waals surface area contributed by atoms with E-state index in [1.807, 2.05) is 13.8 Å². The molecular weight excluding hydrogens is 364 g/mol. The van der Waals surface area contributed by atoms with Crippen molar-refractivity contribution in [1.29, 1.82) is 0 Å². The van der Waals surface area contributed by atoms with Gasteiger partial charge in [0.25, 0.3) is 0 Å². The van der Waals surface area contributed by atoms with Crippen LogP contribution in [0.3, 0.4) is 0 Å². The summed E-state index contributed by atoms with van der Waals surface area (Å²) in [5.74, 6) is -6.63. The molecule has 0 bridgehead atoms. The molecule has 7 heteroatoms. The van der Waals surface area contributed by atoms with Gasteiger partial charge < -0.3 is 14.6 Å². The van der Waals surface area contributed by atoms with Crippen LogP contribution in [0.5, 0.6) is 17.2 Å². The fourth-order valence-corrected chi connectivity index (χ4v) is 2.41. The van der Waals surface area contributed by atoms with Crippen LogP contribution >= 0.6 is 0 Å². The maximum atomic E-state index is 14.2. The van der Waals surface area contributed by atoms with Gasteiger partial charge in [0.1, 0.15) is 0 Å². The Kier molecular flexibility index (Phi) is 6.93. The number of halogens is 4. The second-order valence-corrected chi connectivity index (χ2v) is 6.30. The molecule has 0 saturated heterocycles. The van der Waals surface area contributed by atoms with Crippen LogP contribution < -0.4 is 9.47 Å². The van der Waals surface area contributed by atoms with Gasteiger partial charge in [-0.25, -0.2) is 4.39 Å². The van der Waals surface area contributed by atoms with Gasteiger partial charge in [-0.2, -0.15) is 13.2 Å². The lowest BCUT2D eigenvalue weighted by molar-refractivity contribution is 0.241. The summed E-state index contributed by atoms with van der Waals surface area (Å²) in [6.07, 6.45) is 0.434. The summed E-state index contributed by atoms with van der Waals surface area (Å²) in [6.45, 7) is 5.76. The molecule has 2 rings (SSSR count). The van der Waals surface area contributed by atoms with E-state index in [2.05, 4.69) is 0 Å². The summed E-state index contributed by atoms with van der Waals surface area (Å²) >= 11 is 0. The highest BCUT2D eigenvalue weighted by molar-refractivity contribution is 5.45. The lowest BCUT2D eigenvalue weighted by Crippen LogP contribution is -2.09. The summed E-state index contributed by atoms with van der Waals surface area (Å²) in [5, 5.41) is 9.88. The van der Waals surface area contributed by atoms with Gasteiger partial charge in [0.05, 0.1) is 13.2 Å². The van der Waals surface area contributed by atoms with Crippen molar-refractivity contribution in [3.8, 4) is 17.2 Å². The first kappa shape index (κ1) is 20.9. The number of aromatic hydroxyl groups is 1. The molecule has 1 unspecified atom stereocenters. The Morgan fingerprint density at radius 1 is 0.889 bits per heavy atom. The molecule has 0 aliphatic carbocycles. The van der Waals surface area contributed by atoms with E-state index < -0.39 is 29.0 Å². The Labute approximate surface area is 155 Å². The van der Waals surface area contributed by atoms with Gasteiger partial charge in [-0.15, -0.1) is 0 Å². The Bertz CT molecular complexity index is 809. The van der Waals surface area contributed by atoms with Crippen molar-refractivity contribution in [2.24, 2.45) is 5.92 Å². The minimum absolute atomic E-state index is 0.113. The minimum atomic E-state index is -1.49. The predicted octanol–water partition coefficient (Wildman–Crippen LogP) is 5.36. The highest BCUT2D eigenvalue weighted by atomic mass is 19.2. The minimum Gasteiger partial charge on any atom is -0.505 e. The normalized spacial score (nSPS) is 12.1. The molecule has 2 aromatic rings. The number of ether oxygens (including phenoxy) is 2. The zero-order valence-corrected chi connectivity index (χ0v) is 15.4. The Morgan fingerprint density at radius 3 is 2.19 bits per heavy atom. The molecule has 1 atom stereocenters. The molecule has 0 fully saturated rings. The first-order valence-electron chi connectivity index (χ1n) is 8.72. The Balaban J connectivity index is 2.36. The molecule has 0 spiro atoms. The van der Waals surface area contributed by atoms with Crippen LogP contribution in [-0.4, -0.2) is 18.3 Å². The highest BCUT2D eigenvalue weighted by Gasteiger charge is 2.22. The molecule has 0 aliphatic heterocycles. The molecule has 3 nitrogen and oxygen atoms in total. The molecule has 148 valence electrons. The Hall–Kier alpha value is -2.44. The van der Waals surface area contributed by atoms with Gasteiger partial charge in [0.2, 0.25) is 17.5 Å². The first-order valence-corrected chi connectivity index (χ1v) is 8.72. The average molecular weight is 386 g/mol. The van der Waals surface area contributed by atoms with E-state index >= 15 is 0 Å². The number of rotatable bonds is 8. The predicted molar refractivity (Wildman–Crippen MR) is 93.3 cm³/mol. The smallest absolute Gasteiger partial charge is 0.204 e. The standard InChI is InChI=1S/C20H22F4O3/c1-4-11(3)10-27-15-9-13(20(25)19(24)18(15)23)8-12-6-7-14(26-5-2)17(22)16(12)21/h6-7,9,11,25H,4-5,8,10H2,1-3H3. The molecule has 27 heavy (non-hydrogen) atoms. The van der Waals surface area contributed by atoms with Crippen molar-refractivity contribution >= 4 is 0 Å². The molecule has 0 heterocycles. The lowest BCUT2D eigenvalue weighted by atomic mass is 10.0. The number of phenols is 1. The summed E-state index contributed by atoms with van der Waals surface area (Å²) in [6, 6.07) is 3.61. The van der Waals surface area contributed by atoms with E-state index in [-0.39, 0.29) is 48.2 Å². The zero-order chi connectivity index (χ0) is 20.1. The van der Waals surface area contributed by atoms with E-state index in [9.17, 15) is 22.7 Å². The summed E-state index contributed by atoms with van der Waals surface area (Å²) < 4.78 is 66.5. The van der Waals surface area contributed by atoms with Crippen LogP contribution in [0.25, 0.3) is 0 Å². The van der Waals surface area contributed by atoms with E-state index in [0.717, 1.165) is 12.5 Å². The van der Waals surface area contributed by atoms with Crippen LogP contribution in [0, 0.1) is 29.2 Å². The maximum absolute atomic E-state index is 14.2. The van der Waals surface area contributed by atoms with Crippen molar-refractivity contribution in [3.63, 3.8) is 0 Å². The SMILES string of the molecule is CCOc1ccc(Cc2cc(OCC(C)CC)c(F)c(F)c2O)c(F)c1F. The molecule has 2 aromatic carbocycles. The monoisotopic (exact) mass is 386 g/mol. The van der Waals surface area contributed by atoms with Gasteiger partial charge in [-0.3, -0.25) is 0 Å². The molecule has 1 N–H and O–H groups in total. The number of benzene rings is 2. The highest BCUT2D eigenvalue weighted by Crippen LogP contribution is 2.34. The van der Waals surface area contributed by atoms with Crippen LogP contribution in [0.15, 0.2) is 18.2 Å². The topological polar surface area (TPSA) is 38.7 Å². The molecule has 0 saturated carbocycles. The first-order chi connectivity index (χ1) is 12.8. The fourth-order valence-electron chi connectivity index (χ4n) is 2.41. The zero-order valence-electron chi connectivity index (χ0n) is 15.4. The maximum Gasteiger partial charge on any atom is 0.204 e. The van der Waals surface area contributed by atoms with Gasteiger partial charge in [-0.05, 0) is 30.5 Å². The van der Waals surface area contributed by atoms with Crippen molar-refractivity contribution in [1.82, 2.24) is 0 Å². The van der Waals surface area contributed by atoms with Crippen molar-refractivity contribution in [3.05, 3.63) is 52.6 Å². The fraction of sp³-hybridized carbons (Fsp3) is 0.400. The number of phenolic OH excluding ortho intramolecular Hbond substituents is 1. The lowest BCUT2D eigenvalue weighted by Gasteiger charge is -2.15. The summed E-state index contributed by atoms with van der Waals surface area (Å²) in [7, 11) is 0.